The monoisotopic (exact) mass is 1350 g/mol. The van der Waals surface area contributed by atoms with Gasteiger partial charge in [-0.1, -0.05) is 67.7 Å². The number of aliphatic hydroxyl groups excluding tert-OH is 1. The van der Waals surface area contributed by atoms with Crippen LogP contribution in [0.5, 0.6) is 0 Å². The van der Waals surface area contributed by atoms with Gasteiger partial charge in [-0.25, -0.2) is 14.5 Å². The van der Waals surface area contributed by atoms with E-state index in [1.807, 2.05) is 62.2 Å². The van der Waals surface area contributed by atoms with Crippen molar-refractivity contribution in [3.63, 3.8) is 0 Å². The molecule has 87 heavy (non-hydrogen) atoms. The van der Waals surface area contributed by atoms with E-state index in [9.17, 15) is 29.1 Å². The average molecular weight is 1350 g/mol. The second-order valence-corrected chi connectivity index (χ2v) is 25.4. The van der Waals surface area contributed by atoms with Crippen molar-refractivity contribution >= 4 is 41.2 Å². The van der Waals surface area contributed by atoms with Crippen molar-refractivity contribution < 1.29 is 114 Å². The molecule has 1 saturated heterocycles. The molecule has 0 bridgehead atoms. The average Bonchev–Trinajstić information content (AvgIpc) is 2.10. The molecule has 474 valence electrons. The molecule has 2 radical (unpaired) electrons. The van der Waals surface area contributed by atoms with Crippen LogP contribution in [-0.2, 0) is 113 Å². The molecule has 2 unspecified atom stereocenters. The van der Waals surface area contributed by atoms with Gasteiger partial charge in [0.1, 0.15) is 29.1 Å². The van der Waals surface area contributed by atoms with Gasteiger partial charge in [-0.3, -0.25) is 39.1 Å². The van der Waals surface area contributed by atoms with Gasteiger partial charge in [0.25, 0.3) is 5.97 Å². The number of carbonyl (C=O) groups is 6. The third-order valence-electron chi connectivity index (χ3n) is 16.3. The normalized spacial score (nSPS) is 27.1. The fourth-order valence-electron chi connectivity index (χ4n) is 13.1. The fourth-order valence-corrected chi connectivity index (χ4v) is 13.1. The second kappa shape index (κ2) is 37.1. The van der Waals surface area contributed by atoms with E-state index in [0.29, 0.717) is 72.8 Å². The maximum atomic E-state index is 12.5. The molecule has 0 spiro atoms. The summed E-state index contributed by atoms with van der Waals surface area (Å²) < 4.78 is 10.9. The summed E-state index contributed by atoms with van der Waals surface area (Å²) in [4.78, 5) is 85.4. The summed E-state index contributed by atoms with van der Waals surface area (Å²) >= 11 is 0. The first kappa shape index (κ1) is 78.8. The number of hydrogen-bond donors (Lipinski definition) is 5. The molecule has 14 atom stereocenters. The van der Waals surface area contributed by atoms with E-state index in [1.165, 1.54) is 16.7 Å². The molecule has 1 aliphatic heterocycles. The molecular weight excluding hydrogens is 1250 g/mol. The zero-order valence-corrected chi connectivity index (χ0v) is 58.4. The molecule has 2 amide bonds. The van der Waals surface area contributed by atoms with Crippen molar-refractivity contribution in [2.75, 3.05) is 5.73 Å². The zero-order valence-electron chi connectivity index (χ0n) is 52.7. The number of carbonyl (C=O) groups excluding carboxylic acids is 5. The Labute approximate surface area is 568 Å². The summed E-state index contributed by atoms with van der Waals surface area (Å²) in [5, 5.41) is 17.5. The minimum Gasteiger partial charge on any atom is -0.481 e. The minimum atomic E-state index is -0.833. The molecule has 5 fully saturated rings. The number of carboxylic acid groups (broad SMARTS) is 1. The number of aliphatic carboxylic acids is 1. The predicted octanol–water partition coefficient (Wildman–Crippen LogP) is 11.3. The smallest absolute Gasteiger partial charge is 0.420 e. The third-order valence-corrected chi connectivity index (χ3v) is 16.3. The van der Waals surface area contributed by atoms with Gasteiger partial charge in [0, 0.05) is 135 Å². The Hall–Kier alpha value is -4.29. The second-order valence-electron chi connectivity index (χ2n) is 25.4. The maximum Gasteiger partial charge on any atom is 0.420 e. The Bertz CT molecular complexity index is 2740. The van der Waals surface area contributed by atoms with Crippen LogP contribution >= 0.6 is 0 Å². The van der Waals surface area contributed by atoms with E-state index in [-0.39, 0.29) is 132 Å². The number of Topliss-reactive ketones (excluding diaryl/α,β-unsaturated/α-hetero) is 3. The molecule has 8 N–H and O–H groups in total. The summed E-state index contributed by atoms with van der Waals surface area (Å²) in [7, 11) is 0. The van der Waals surface area contributed by atoms with Gasteiger partial charge in [0.05, 0.1) is 24.0 Å². The number of aromatic nitrogens is 4. The number of nitrogens with zero attached hydrogens (tertiary/aromatic N) is 5. The first-order valence-corrected chi connectivity index (χ1v) is 29.8. The SMILES string of the molecule is C.CC(=O)Cc1cnccc1C1C[C@@H](C)C(O)[C@@H](C)C1.CC(=O)Cc1cnccc1[C@@H]1C[C@H](C)[CH-][C@H](N)C1.CC(=O)Cc1cnccc1[C@@H]1C[C@H](C)[CH-][C@H](N)C1.CC(=O)O.C[C@H]1C[C@@H](c2ccncc2N)C[C@@H]2[C@H]1OC(=O)N2C(=O)OC(C)(C)C.[Y].[Y]. The first-order chi connectivity index (χ1) is 39.5. The van der Waals surface area contributed by atoms with Crippen LogP contribution in [0.3, 0.4) is 0 Å². The summed E-state index contributed by atoms with van der Waals surface area (Å²) in [6.07, 6.45) is 25.9. The number of fused-ring (bicyclic) bond motifs is 1. The van der Waals surface area contributed by atoms with E-state index in [0.717, 1.165) is 79.0 Å². The number of hydrogen-bond acceptors (Lipinski definition) is 16. The summed E-state index contributed by atoms with van der Waals surface area (Å²) in [6, 6.07) is 8.03. The Balaban J connectivity index is 0.000000386. The van der Waals surface area contributed by atoms with E-state index >= 15 is 0 Å². The first-order valence-electron chi connectivity index (χ1n) is 29.8. The Morgan fingerprint density at radius 2 is 0.943 bits per heavy atom. The molecule has 4 saturated carbocycles. The van der Waals surface area contributed by atoms with Gasteiger partial charge < -0.3 is 49.7 Å². The van der Waals surface area contributed by atoms with Crippen LogP contribution in [0.25, 0.3) is 0 Å². The van der Waals surface area contributed by atoms with E-state index in [1.54, 1.807) is 60.1 Å². The van der Waals surface area contributed by atoms with Crippen molar-refractivity contribution in [2.45, 2.75) is 221 Å². The summed E-state index contributed by atoms with van der Waals surface area (Å²) in [5.41, 5.74) is 26.1. The topological polar surface area (TPSA) is 294 Å². The van der Waals surface area contributed by atoms with E-state index in [2.05, 4.69) is 60.5 Å². The number of pyridine rings is 4. The molecule has 4 aliphatic carbocycles. The molecule has 5 aliphatic rings. The van der Waals surface area contributed by atoms with Crippen molar-refractivity contribution in [3.8, 4) is 0 Å². The number of nitrogens with two attached hydrogens (primary N) is 3. The molecule has 9 rings (SSSR count). The largest absolute Gasteiger partial charge is 0.481 e. The third kappa shape index (κ3) is 24.8. The van der Waals surface area contributed by atoms with Crippen molar-refractivity contribution in [2.24, 2.45) is 41.1 Å². The number of aliphatic hydroxyl groups is 1. The molecule has 4 aromatic rings. The standard InChI is InChI=1S/C18H25N3O4.C16H23NO2.2C15H21N2O.C2H4O2.CH4.2Y/c1-10-7-11(12-5-6-20-9-13(12)19)8-14-15(10)24-16(22)21(14)17(23)25-18(2,3)4;1-10-6-13(7-11(2)16(10)19)15-4-5-17-9-14(15)8-12(3)18;2*1-10-5-12(8-14(16)6-10)15-3-4-17-9-13(15)7-11(2)18;1-2(3)4;;;/h5-6,9-11,14-15H,7-8,19H2,1-4H3;4-5,9-11,13,16,19H,6-8H2,1-3H3;2*3-4,6,9-10,12,14H,5,7-8,16H2,1-2H3;1H3,(H,3,4);1H4;;/q;;2*-1;;;;/t10-,11+,14+,15-;10-,11+,13?,16?;2*10-,12+,14-;;;;/m0.00..../s1. The van der Waals surface area contributed by atoms with Crippen LogP contribution in [0.15, 0.2) is 73.8 Å². The van der Waals surface area contributed by atoms with Gasteiger partial charge >= 0.3 is 12.2 Å². The molecule has 5 heterocycles. The van der Waals surface area contributed by atoms with Crippen LogP contribution in [0, 0.1) is 42.4 Å². The van der Waals surface area contributed by atoms with Crippen molar-refractivity contribution in [3.05, 3.63) is 126 Å². The quantitative estimate of drug-likeness (QED) is 0.0922. The Morgan fingerprint density at radius 1 is 0.598 bits per heavy atom. The zero-order chi connectivity index (χ0) is 62.2. The van der Waals surface area contributed by atoms with Gasteiger partial charge in [-0.2, -0.15) is 11.8 Å². The number of amides is 2. The van der Waals surface area contributed by atoms with Crippen LogP contribution in [0.2, 0.25) is 0 Å². The number of nitrogen functional groups attached to an aromatic ring is 1. The molecule has 18 nitrogen and oxygen atoms in total. The van der Waals surface area contributed by atoms with E-state index < -0.39 is 23.8 Å². The minimum absolute atomic E-state index is 0. The Morgan fingerprint density at radius 3 is 1.30 bits per heavy atom. The molecule has 0 aromatic carbocycles. The maximum absolute atomic E-state index is 12.5. The van der Waals surface area contributed by atoms with Crippen LogP contribution in [-0.4, -0.2) is 106 Å². The number of carboxylic acids is 1. The predicted molar refractivity (Wildman–Crippen MR) is 331 cm³/mol. The number of rotatable bonds is 10. The Kier molecular flexibility index (Phi) is 33.6. The molecule has 4 aromatic heterocycles. The number of ether oxygens (including phenoxy) is 2. The van der Waals surface area contributed by atoms with Crippen LogP contribution in [0.1, 0.15) is 204 Å². The number of ketones is 3. The fraction of sp³-hybridized carbons (Fsp3) is 0.582. The van der Waals surface area contributed by atoms with Gasteiger partial charge in [-0.15, -0.1) is 12.1 Å². The van der Waals surface area contributed by atoms with Gasteiger partial charge in [0.2, 0.25) is 0 Å². The van der Waals surface area contributed by atoms with Crippen molar-refractivity contribution in [1.82, 2.24) is 24.8 Å². The van der Waals surface area contributed by atoms with Gasteiger partial charge in [0.15, 0.2) is 0 Å². The van der Waals surface area contributed by atoms with Gasteiger partial charge in [-0.05, 0) is 172 Å². The number of anilines is 1. The van der Waals surface area contributed by atoms with E-state index in [4.69, 9.17) is 36.6 Å². The summed E-state index contributed by atoms with van der Waals surface area (Å²) in [6.45, 7) is 21.9. The molecule has 20 heteroatoms. The number of imide groups is 1. The van der Waals surface area contributed by atoms with Crippen molar-refractivity contribution in [1.29, 1.82) is 0 Å². The van der Waals surface area contributed by atoms with Crippen LogP contribution < -0.4 is 17.2 Å². The summed E-state index contributed by atoms with van der Waals surface area (Å²) in [5.74, 6) is 3.01. The van der Waals surface area contributed by atoms with Crippen LogP contribution in [0.4, 0.5) is 15.3 Å². The molecular formula is C67H98N8O10Y2-2.